The van der Waals surface area contributed by atoms with Gasteiger partial charge in [0.15, 0.2) is 0 Å². The number of amides is 2. The van der Waals surface area contributed by atoms with Crippen LogP contribution < -0.4 is 16.0 Å². The van der Waals surface area contributed by atoms with Gasteiger partial charge in [-0.15, -0.1) is 0 Å². The minimum absolute atomic E-state index is 0.0260. The summed E-state index contributed by atoms with van der Waals surface area (Å²) in [5.74, 6) is -0.410. The molecule has 2 rings (SSSR count). The van der Waals surface area contributed by atoms with Crippen LogP contribution in [-0.4, -0.2) is 37.5 Å². The van der Waals surface area contributed by atoms with Gasteiger partial charge in [0.25, 0.3) is 5.91 Å². The quantitative estimate of drug-likeness (QED) is 0.642. The van der Waals surface area contributed by atoms with E-state index in [9.17, 15) is 14.0 Å². The third kappa shape index (κ3) is 8.15. The van der Waals surface area contributed by atoms with Gasteiger partial charge in [-0.1, -0.05) is 32.4 Å². The maximum Gasteiger partial charge on any atom is 0.251 e. The monoisotopic (exact) mass is 411 g/mol. The molecule has 1 fully saturated rings. The summed E-state index contributed by atoms with van der Waals surface area (Å²) in [4.78, 5) is 24.1. The fourth-order valence-corrected chi connectivity index (χ4v) is 3.48. The first-order chi connectivity index (χ1) is 13.1. The zero-order valence-corrected chi connectivity index (χ0v) is 17.7. The summed E-state index contributed by atoms with van der Waals surface area (Å²) < 4.78 is 13.4. The fraction of sp³-hybridized carbons (Fsp3) is 0.619. The van der Waals surface area contributed by atoms with Crippen molar-refractivity contribution in [2.45, 2.75) is 52.5 Å². The number of hydrogen-bond acceptors (Lipinski definition) is 3. The van der Waals surface area contributed by atoms with E-state index in [4.69, 9.17) is 11.6 Å². The van der Waals surface area contributed by atoms with E-state index >= 15 is 0 Å². The van der Waals surface area contributed by atoms with Gasteiger partial charge in [0.05, 0.1) is 6.54 Å². The lowest BCUT2D eigenvalue weighted by molar-refractivity contribution is -0.120. The first-order valence-electron chi connectivity index (χ1n) is 9.87. The highest BCUT2D eigenvalue weighted by Crippen LogP contribution is 2.24. The highest BCUT2D eigenvalue weighted by Gasteiger charge is 2.22. The maximum absolute atomic E-state index is 13.4. The molecule has 0 bridgehead atoms. The lowest BCUT2D eigenvalue weighted by Crippen LogP contribution is -2.43. The van der Waals surface area contributed by atoms with Gasteiger partial charge in [0, 0.05) is 29.7 Å². The van der Waals surface area contributed by atoms with E-state index in [2.05, 4.69) is 36.7 Å². The van der Waals surface area contributed by atoms with Crippen LogP contribution in [0.3, 0.4) is 0 Å². The van der Waals surface area contributed by atoms with Crippen molar-refractivity contribution in [1.82, 2.24) is 16.0 Å². The van der Waals surface area contributed by atoms with Gasteiger partial charge >= 0.3 is 0 Å². The Bertz CT molecular complexity index is 662. The average Bonchev–Trinajstić information content (AvgIpc) is 2.62. The molecule has 1 aromatic rings. The molecule has 3 N–H and O–H groups in total. The first kappa shape index (κ1) is 22.6. The van der Waals surface area contributed by atoms with Crippen molar-refractivity contribution in [2.75, 3.05) is 19.6 Å². The highest BCUT2D eigenvalue weighted by molar-refractivity contribution is 6.31. The molecule has 0 spiro atoms. The van der Waals surface area contributed by atoms with Crippen molar-refractivity contribution >= 4 is 23.4 Å². The smallest absolute Gasteiger partial charge is 0.251 e. The van der Waals surface area contributed by atoms with Gasteiger partial charge in [-0.25, -0.2) is 4.39 Å². The van der Waals surface area contributed by atoms with Crippen LogP contribution in [-0.2, 0) is 4.79 Å². The van der Waals surface area contributed by atoms with Crippen molar-refractivity contribution in [3.63, 3.8) is 0 Å². The van der Waals surface area contributed by atoms with Crippen molar-refractivity contribution < 1.29 is 14.0 Å². The van der Waals surface area contributed by atoms with Gasteiger partial charge in [-0.3, -0.25) is 9.59 Å². The Morgan fingerprint density at radius 3 is 2.39 bits per heavy atom. The Labute approximate surface area is 171 Å². The normalized spacial score (nSPS) is 19.9. The second-order valence-corrected chi connectivity index (χ2v) is 9.24. The fourth-order valence-electron chi connectivity index (χ4n) is 3.26. The van der Waals surface area contributed by atoms with Gasteiger partial charge in [-0.05, 0) is 55.2 Å². The summed E-state index contributed by atoms with van der Waals surface area (Å²) in [7, 11) is 0. The molecule has 0 radical (unpaired) electrons. The van der Waals surface area contributed by atoms with Gasteiger partial charge in [0.1, 0.15) is 5.82 Å². The summed E-state index contributed by atoms with van der Waals surface area (Å²) in [6.45, 7) is 7.82. The Hall–Kier alpha value is -1.66. The zero-order chi connectivity index (χ0) is 20.7. The lowest BCUT2D eigenvalue weighted by Gasteiger charge is -2.29. The molecule has 1 aliphatic rings. The van der Waals surface area contributed by atoms with Crippen LogP contribution in [0.2, 0.25) is 5.02 Å². The molecule has 1 aliphatic carbocycles. The molecule has 0 unspecified atom stereocenters. The van der Waals surface area contributed by atoms with E-state index in [1.807, 2.05) is 0 Å². The second-order valence-electron chi connectivity index (χ2n) is 8.80. The predicted molar refractivity (Wildman–Crippen MR) is 110 cm³/mol. The summed E-state index contributed by atoms with van der Waals surface area (Å²) in [6.07, 6.45) is 3.90. The van der Waals surface area contributed by atoms with E-state index in [-0.39, 0.29) is 27.8 Å². The Morgan fingerprint density at radius 2 is 1.79 bits per heavy atom. The van der Waals surface area contributed by atoms with Crippen LogP contribution in [0.5, 0.6) is 0 Å². The molecule has 5 nitrogen and oxygen atoms in total. The van der Waals surface area contributed by atoms with Gasteiger partial charge < -0.3 is 16.0 Å². The van der Waals surface area contributed by atoms with Crippen LogP contribution in [0.25, 0.3) is 0 Å². The van der Waals surface area contributed by atoms with Crippen LogP contribution in [0.4, 0.5) is 4.39 Å². The largest absolute Gasteiger partial charge is 0.354 e. The summed E-state index contributed by atoms with van der Waals surface area (Å²) in [6, 6.07) is 4.16. The number of hydrogen-bond donors (Lipinski definition) is 3. The molecular formula is C21H31ClFN3O2. The second kappa shape index (κ2) is 10.2. The Balaban J connectivity index is 1.65. The van der Waals surface area contributed by atoms with Crippen LogP contribution >= 0.6 is 11.6 Å². The molecule has 28 heavy (non-hydrogen) atoms. The van der Waals surface area contributed by atoms with E-state index in [1.54, 1.807) is 0 Å². The minimum Gasteiger partial charge on any atom is -0.354 e. The van der Waals surface area contributed by atoms with E-state index in [1.165, 1.54) is 18.2 Å². The molecule has 0 aromatic heterocycles. The predicted octanol–water partition coefficient (Wildman–Crippen LogP) is 3.52. The maximum atomic E-state index is 13.4. The van der Waals surface area contributed by atoms with Crippen LogP contribution in [0.15, 0.2) is 18.2 Å². The number of benzene rings is 1. The molecule has 0 heterocycles. The summed E-state index contributed by atoms with van der Waals surface area (Å²) >= 11 is 5.80. The van der Waals surface area contributed by atoms with Gasteiger partial charge in [0.2, 0.25) is 5.91 Å². The third-order valence-corrected chi connectivity index (χ3v) is 5.11. The van der Waals surface area contributed by atoms with Crippen molar-refractivity contribution in [1.29, 1.82) is 0 Å². The standard InChI is InChI=1S/C21H31ClFN3O2/c1-21(2,3)13-26-19(27)12-24-18-6-4-14(5-7-18)11-25-20(28)15-8-16(22)10-17(23)9-15/h8-10,14,18,24H,4-7,11-13H2,1-3H3,(H,25,28)(H,26,27). The van der Waals surface area contributed by atoms with E-state index in [0.717, 1.165) is 25.7 Å². The molecular weight excluding hydrogens is 381 g/mol. The van der Waals surface area contributed by atoms with Crippen LogP contribution in [0.1, 0.15) is 56.8 Å². The van der Waals surface area contributed by atoms with Gasteiger partial charge in [-0.2, -0.15) is 0 Å². The molecule has 0 saturated heterocycles. The average molecular weight is 412 g/mol. The molecule has 1 aromatic carbocycles. The molecule has 1 saturated carbocycles. The molecule has 2 amide bonds. The lowest BCUT2D eigenvalue weighted by atomic mass is 9.86. The van der Waals surface area contributed by atoms with Crippen LogP contribution in [0, 0.1) is 17.2 Å². The molecule has 7 heteroatoms. The van der Waals surface area contributed by atoms with E-state index < -0.39 is 5.82 Å². The Morgan fingerprint density at radius 1 is 1.11 bits per heavy atom. The summed E-state index contributed by atoms with van der Waals surface area (Å²) in [5, 5.41) is 9.35. The number of rotatable bonds is 7. The number of halogens is 2. The molecule has 0 aliphatic heterocycles. The van der Waals surface area contributed by atoms with Crippen molar-refractivity contribution in [3.05, 3.63) is 34.6 Å². The number of carbonyl (C=O) groups is 2. The third-order valence-electron chi connectivity index (χ3n) is 4.89. The Kier molecular flexibility index (Phi) is 8.25. The highest BCUT2D eigenvalue weighted by atomic mass is 35.5. The zero-order valence-electron chi connectivity index (χ0n) is 16.9. The SMILES string of the molecule is CC(C)(C)CNC(=O)CNC1CCC(CNC(=O)c2cc(F)cc(Cl)c2)CC1. The molecule has 0 atom stereocenters. The summed E-state index contributed by atoms with van der Waals surface area (Å²) in [5.41, 5.74) is 0.316. The van der Waals surface area contributed by atoms with Crippen molar-refractivity contribution in [3.8, 4) is 0 Å². The molecule has 156 valence electrons. The minimum atomic E-state index is -0.518. The topological polar surface area (TPSA) is 70.2 Å². The first-order valence-corrected chi connectivity index (χ1v) is 10.2. The number of nitrogens with one attached hydrogen (secondary N) is 3. The van der Waals surface area contributed by atoms with Crippen molar-refractivity contribution in [2.24, 2.45) is 11.3 Å². The number of carbonyl (C=O) groups excluding carboxylic acids is 2. The van der Waals surface area contributed by atoms with E-state index in [0.29, 0.717) is 31.6 Å².